The van der Waals surface area contributed by atoms with E-state index in [4.69, 9.17) is 9.47 Å². The summed E-state index contributed by atoms with van der Waals surface area (Å²) in [4.78, 5) is 28.5. The molecule has 0 heterocycles. The normalized spacial score (nSPS) is 23.9. The molecular weight excluding hydrogens is 591 g/mol. The van der Waals surface area contributed by atoms with Crippen LogP contribution in [0.4, 0.5) is 0 Å². The Morgan fingerprint density at radius 2 is 1.89 bits per heavy atom. The van der Waals surface area contributed by atoms with E-state index < -0.39 is 18.2 Å². The van der Waals surface area contributed by atoms with Crippen LogP contribution in [0.25, 0.3) is 0 Å². The monoisotopic (exact) mass is 628 g/mol. The summed E-state index contributed by atoms with van der Waals surface area (Å²) in [6.07, 6.45) is 5.74. The molecule has 4 N–H and O–H groups in total. The van der Waals surface area contributed by atoms with Crippen LogP contribution in [-0.2, 0) is 16.2 Å². The van der Waals surface area contributed by atoms with Gasteiger partial charge in [-0.3, -0.25) is 9.59 Å². The molecule has 0 aromatic heterocycles. The number of aliphatic hydroxyl groups is 3. The molecule has 0 aliphatic heterocycles. The van der Waals surface area contributed by atoms with Gasteiger partial charge in [-0.25, -0.2) is 0 Å². The molecule has 0 bridgehead atoms. The Kier molecular flexibility index (Phi) is 9.71. The number of carbonyl (C=O) groups is 2. The van der Waals surface area contributed by atoms with Crippen LogP contribution in [-0.4, -0.2) is 77.1 Å². The van der Waals surface area contributed by atoms with Crippen LogP contribution >= 0.6 is 22.6 Å². The molecule has 1 aromatic rings. The Hall–Kier alpha value is -1.89. The van der Waals surface area contributed by atoms with Gasteiger partial charge in [0, 0.05) is 31.0 Å². The molecule has 4 rings (SSSR count). The lowest BCUT2D eigenvalue weighted by atomic mass is 9.87. The third-order valence-electron chi connectivity index (χ3n) is 7.48. The number of rotatable bonds is 11. The molecule has 0 spiro atoms. The van der Waals surface area contributed by atoms with Crippen molar-refractivity contribution >= 4 is 34.4 Å². The average Bonchev–Trinajstić information content (AvgIpc) is 3.56. The molecule has 2 saturated carbocycles. The lowest BCUT2D eigenvalue weighted by molar-refractivity contribution is -0.143. The standard InChI is InChI=1S/C27H37IN2O7/c1-36-23-11-17(15-32)10-20(28)25(23)37-22-13-19(26(34)29-8-9-31)12-21(24(22)33)30(14-16-6-7-16)27(35)18-4-2-3-5-18/h10-11,13,16,18,21-22,24,31-33H,2-9,12,14-15H2,1H3,(H,29,34)/t21-,22+,24+/m1/s1. The van der Waals surface area contributed by atoms with Gasteiger partial charge in [0.2, 0.25) is 11.8 Å². The molecule has 0 unspecified atom stereocenters. The van der Waals surface area contributed by atoms with Gasteiger partial charge >= 0.3 is 0 Å². The smallest absolute Gasteiger partial charge is 0.247 e. The molecule has 1 aromatic carbocycles. The van der Waals surface area contributed by atoms with Crippen LogP contribution in [0.3, 0.4) is 0 Å². The lowest BCUT2D eigenvalue weighted by Crippen LogP contribution is -2.56. The zero-order valence-corrected chi connectivity index (χ0v) is 23.4. The van der Waals surface area contributed by atoms with Gasteiger partial charge in [0.05, 0.1) is 29.9 Å². The second kappa shape index (κ2) is 12.8. The van der Waals surface area contributed by atoms with Gasteiger partial charge in [0.15, 0.2) is 11.5 Å². The summed E-state index contributed by atoms with van der Waals surface area (Å²) in [5, 5.41) is 33.1. The first kappa shape index (κ1) is 28.1. The highest BCUT2D eigenvalue weighted by atomic mass is 127. The van der Waals surface area contributed by atoms with E-state index >= 15 is 0 Å². The number of ether oxygens (including phenoxy) is 2. The molecular formula is C27H37IN2O7. The largest absolute Gasteiger partial charge is 0.493 e. The van der Waals surface area contributed by atoms with Crippen molar-refractivity contribution in [2.45, 2.75) is 69.8 Å². The van der Waals surface area contributed by atoms with E-state index in [-0.39, 0.29) is 43.9 Å². The molecule has 204 valence electrons. The summed E-state index contributed by atoms with van der Waals surface area (Å²) in [6, 6.07) is 2.83. The van der Waals surface area contributed by atoms with Gasteiger partial charge in [-0.15, -0.1) is 0 Å². The van der Waals surface area contributed by atoms with Gasteiger partial charge in [-0.05, 0) is 78.0 Å². The van der Waals surface area contributed by atoms with Crippen LogP contribution in [0, 0.1) is 15.4 Å². The molecule has 2 amide bonds. The predicted octanol–water partition coefficient (Wildman–Crippen LogP) is 2.14. The molecule has 3 aliphatic rings. The van der Waals surface area contributed by atoms with Crippen molar-refractivity contribution in [2.24, 2.45) is 11.8 Å². The number of amides is 2. The fourth-order valence-electron chi connectivity index (χ4n) is 5.27. The van der Waals surface area contributed by atoms with Crippen LogP contribution in [0.2, 0.25) is 0 Å². The number of halogens is 1. The number of aliphatic hydroxyl groups excluding tert-OH is 3. The molecule has 0 radical (unpaired) electrons. The molecule has 10 heteroatoms. The number of benzene rings is 1. The van der Waals surface area contributed by atoms with Gasteiger partial charge in [-0.1, -0.05) is 12.8 Å². The topological polar surface area (TPSA) is 129 Å². The van der Waals surface area contributed by atoms with Gasteiger partial charge < -0.3 is 35.0 Å². The van der Waals surface area contributed by atoms with Crippen molar-refractivity contribution in [1.29, 1.82) is 0 Å². The van der Waals surface area contributed by atoms with Crippen LogP contribution < -0.4 is 14.8 Å². The SMILES string of the molecule is COc1cc(CO)cc(I)c1O[C@H]1C=C(C(=O)NCCO)C[C@@H](N(CC2CC2)C(=O)C2CCCC2)[C@@H]1O. The Bertz CT molecular complexity index is 1010. The van der Waals surface area contributed by atoms with E-state index in [1.807, 2.05) is 4.90 Å². The number of nitrogens with one attached hydrogen (secondary N) is 1. The first-order chi connectivity index (χ1) is 17.9. The van der Waals surface area contributed by atoms with Crippen molar-refractivity contribution in [1.82, 2.24) is 10.2 Å². The Morgan fingerprint density at radius 3 is 2.51 bits per heavy atom. The van der Waals surface area contributed by atoms with Crippen molar-refractivity contribution in [3.05, 3.63) is 32.9 Å². The highest BCUT2D eigenvalue weighted by Gasteiger charge is 2.44. The quantitative estimate of drug-likeness (QED) is 0.277. The number of nitrogens with zero attached hydrogens (tertiary/aromatic N) is 1. The maximum Gasteiger partial charge on any atom is 0.247 e. The van der Waals surface area contributed by atoms with Crippen LogP contribution in [0.5, 0.6) is 11.5 Å². The second-order valence-electron chi connectivity index (χ2n) is 10.2. The fourth-order valence-corrected chi connectivity index (χ4v) is 6.06. The number of hydrogen-bond donors (Lipinski definition) is 4. The maximum absolute atomic E-state index is 13.7. The number of carbonyl (C=O) groups excluding carboxylic acids is 2. The Morgan fingerprint density at radius 1 is 1.16 bits per heavy atom. The highest BCUT2D eigenvalue weighted by Crippen LogP contribution is 2.39. The third-order valence-corrected chi connectivity index (χ3v) is 8.28. The van der Waals surface area contributed by atoms with Crippen molar-refractivity contribution in [2.75, 3.05) is 26.8 Å². The summed E-state index contributed by atoms with van der Waals surface area (Å²) >= 11 is 2.09. The highest BCUT2D eigenvalue weighted by molar-refractivity contribution is 14.1. The van der Waals surface area contributed by atoms with E-state index in [2.05, 4.69) is 27.9 Å². The third kappa shape index (κ3) is 6.76. The molecule has 0 saturated heterocycles. The Labute approximate surface area is 231 Å². The summed E-state index contributed by atoms with van der Waals surface area (Å²) < 4.78 is 12.5. The molecule has 9 nitrogen and oxygen atoms in total. The fraction of sp³-hybridized carbons (Fsp3) is 0.630. The van der Waals surface area contributed by atoms with E-state index in [0.717, 1.165) is 38.5 Å². The van der Waals surface area contributed by atoms with Crippen LogP contribution in [0.1, 0.15) is 50.5 Å². The minimum Gasteiger partial charge on any atom is -0.493 e. The summed E-state index contributed by atoms with van der Waals surface area (Å²) in [6.45, 7) is 0.332. The van der Waals surface area contributed by atoms with Crippen molar-refractivity contribution < 1.29 is 34.4 Å². The minimum absolute atomic E-state index is 0.0463. The predicted molar refractivity (Wildman–Crippen MR) is 145 cm³/mol. The van der Waals surface area contributed by atoms with Crippen LogP contribution in [0.15, 0.2) is 23.8 Å². The zero-order valence-electron chi connectivity index (χ0n) is 21.2. The van der Waals surface area contributed by atoms with E-state index in [0.29, 0.717) is 38.7 Å². The summed E-state index contributed by atoms with van der Waals surface area (Å²) in [5.74, 6) is 0.880. The van der Waals surface area contributed by atoms with Crippen molar-refractivity contribution in [3.63, 3.8) is 0 Å². The van der Waals surface area contributed by atoms with Gasteiger partial charge in [-0.2, -0.15) is 0 Å². The van der Waals surface area contributed by atoms with E-state index in [1.165, 1.54) is 7.11 Å². The molecule has 37 heavy (non-hydrogen) atoms. The van der Waals surface area contributed by atoms with E-state index in [9.17, 15) is 24.9 Å². The molecule has 2 fully saturated rings. The first-order valence-electron chi connectivity index (χ1n) is 13.1. The lowest BCUT2D eigenvalue weighted by Gasteiger charge is -2.41. The molecule has 3 atom stereocenters. The van der Waals surface area contributed by atoms with Gasteiger partial charge in [0.1, 0.15) is 12.2 Å². The summed E-state index contributed by atoms with van der Waals surface area (Å²) in [7, 11) is 1.50. The number of hydrogen-bond acceptors (Lipinski definition) is 7. The molecule has 3 aliphatic carbocycles. The maximum atomic E-state index is 13.7. The Balaban J connectivity index is 1.67. The zero-order chi connectivity index (χ0) is 26.5. The first-order valence-corrected chi connectivity index (χ1v) is 14.2. The van der Waals surface area contributed by atoms with Crippen molar-refractivity contribution in [3.8, 4) is 11.5 Å². The second-order valence-corrected chi connectivity index (χ2v) is 11.4. The average molecular weight is 629 g/mol. The number of methoxy groups -OCH3 is 1. The minimum atomic E-state index is -1.06. The summed E-state index contributed by atoms with van der Waals surface area (Å²) in [5.41, 5.74) is 1.07. The van der Waals surface area contributed by atoms with E-state index in [1.54, 1.807) is 18.2 Å². The van der Waals surface area contributed by atoms with Gasteiger partial charge in [0.25, 0.3) is 0 Å².